The van der Waals surface area contributed by atoms with Gasteiger partial charge in [0.05, 0.1) is 12.8 Å². The lowest BCUT2D eigenvalue weighted by Crippen LogP contribution is -2.47. The summed E-state index contributed by atoms with van der Waals surface area (Å²) in [5, 5.41) is 6.99. The average molecular weight is 353 g/mol. The van der Waals surface area contributed by atoms with Crippen molar-refractivity contribution in [2.24, 2.45) is 0 Å². The van der Waals surface area contributed by atoms with Crippen LogP contribution in [0.4, 0.5) is 5.69 Å². The van der Waals surface area contributed by atoms with Crippen molar-refractivity contribution in [2.75, 3.05) is 44.7 Å². The molecular formula is C21H24N2OS. The number of methoxy groups -OCH3 is 1. The van der Waals surface area contributed by atoms with E-state index in [9.17, 15) is 0 Å². The van der Waals surface area contributed by atoms with E-state index in [1.165, 1.54) is 22.0 Å². The molecule has 0 saturated carbocycles. The molecule has 130 valence electrons. The van der Waals surface area contributed by atoms with E-state index in [0.29, 0.717) is 0 Å². The van der Waals surface area contributed by atoms with Gasteiger partial charge in [-0.1, -0.05) is 30.3 Å². The Morgan fingerprint density at radius 3 is 2.60 bits per heavy atom. The maximum absolute atomic E-state index is 5.68. The number of anilines is 1. The smallest absolute Gasteiger partial charge is 0.142 e. The van der Waals surface area contributed by atoms with Gasteiger partial charge in [0.15, 0.2) is 0 Å². The molecule has 1 aliphatic rings. The zero-order valence-corrected chi connectivity index (χ0v) is 15.5. The highest BCUT2D eigenvalue weighted by molar-refractivity contribution is 7.07. The predicted octanol–water partition coefficient (Wildman–Crippen LogP) is 4.27. The molecule has 1 aromatic heterocycles. The first-order valence-corrected chi connectivity index (χ1v) is 9.83. The summed E-state index contributed by atoms with van der Waals surface area (Å²) in [6.07, 6.45) is 1.15. The largest absolute Gasteiger partial charge is 0.495 e. The quantitative estimate of drug-likeness (QED) is 0.682. The van der Waals surface area contributed by atoms with Crippen molar-refractivity contribution in [3.05, 3.63) is 58.8 Å². The second-order valence-electron chi connectivity index (χ2n) is 6.55. The fourth-order valence-corrected chi connectivity index (χ4v) is 4.35. The summed E-state index contributed by atoms with van der Waals surface area (Å²) in [5.74, 6) is 0.977. The molecule has 2 aromatic carbocycles. The molecule has 4 rings (SSSR count). The number of fused-ring (bicyclic) bond motifs is 1. The molecule has 0 atom stereocenters. The lowest BCUT2D eigenvalue weighted by molar-refractivity contribution is 0.260. The molecule has 1 saturated heterocycles. The van der Waals surface area contributed by atoms with Gasteiger partial charge in [-0.15, -0.1) is 0 Å². The van der Waals surface area contributed by atoms with Crippen molar-refractivity contribution >= 4 is 27.8 Å². The highest BCUT2D eigenvalue weighted by Crippen LogP contribution is 2.36. The third kappa shape index (κ3) is 3.51. The van der Waals surface area contributed by atoms with Crippen molar-refractivity contribution in [3.63, 3.8) is 0 Å². The van der Waals surface area contributed by atoms with E-state index in [-0.39, 0.29) is 0 Å². The Morgan fingerprint density at radius 1 is 1.00 bits per heavy atom. The van der Waals surface area contributed by atoms with Crippen LogP contribution in [0.3, 0.4) is 0 Å². The Bertz CT molecular complexity index is 823. The summed E-state index contributed by atoms with van der Waals surface area (Å²) in [5.41, 5.74) is 2.71. The van der Waals surface area contributed by atoms with Crippen LogP contribution in [0.2, 0.25) is 0 Å². The Labute approximate surface area is 153 Å². The molecule has 0 aliphatic carbocycles. The van der Waals surface area contributed by atoms with Gasteiger partial charge in [-0.05, 0) is 40.3 Å². The summed E-state index contributed by atoms with van der Waals surface area (Å²) in [6, 6.07) is 15.1. The molecule has 0 amide bonds. The summed E-state index contributed by atoms with van der Waals surface area (Å²) >= 11 is 1.79. The number of thiophene rings is 1. The lowest BCUT2D eigenvalue weighted by Gasteiger charge is -2.37. The summed E-state index contributed by atoms with van der Waals surface area (Å²) in [7, 11) is 1.77. The van der Waals surface area contributed by atoms with Crippen molar-refractivity contribution in [3.8, 4) is 5.75 Å². The molecule has 3 aromatic rings. The van der Waals surface area contributed by atoms with E-state index in [1.54, 1.807) is 18.4 Å². The molecule has 3 nitrogen and oxygen atoms in total. The Balaban J connectivity index is 1.48. The highest BCUT2D eigenvalue weighted by atomic mass is 32.1. The molecule has 0 unspecified atom stereocenters. The van der Waals surface area contributed by atoms with Gasteiger partial charge in [0.2, 0.25) is 0 Å². The fraction of sp³-hybridized carbons (Fsp3) is 0.333. The zero-order chi connectivity index (χ0) is 17.1. The van der Waals surface area contributed by atoms with Crippen LogP contribution in [-0.2, 0) is 6.42 Å². The number of hydrogen-bond donors (Lipinski definition) is 0. The normalized spacial score (nSPS) is 15.6. The van der Waals surface area contributed by atoms with E-state index in [0.717, 1.165) is 44.9 Å². The molecule has 0 spiro atoms. The SMILES string of the molecule is COc1ccc2ccccc2c1N1CCN(CCc2ccsc2)CC1. The van der Waals surface area contributed by atoms with Gasteiger partial charge in [0.25, 0.3) is 0 Å². The number of rotatable bonds is 5. The maximum atomic E-state index is 5.68. The van der Waals surface area contributed by atoms with Crippen molar-refractivity contribution in [1.29, 1.82) is 0 Å². The molecular weight excluding hydrogens is 328 g/mol. The van der Waals surface area contributed by atoms with E-state index >= 15 is 0 Å². The van der Waals surface area contributed by atoms with Crippen LogP contribution in [0.5, 0.6) is 5.75 Å². The summed E-state index contributed by atoms with van der Waals surface area (Å²) in [4.78, 5) is 5.06. The fourth-order valence-electron chi connectivity index (χ4n) is 3.64. The van der Waals surface area contributed by atoms with Gasteiger partial charge in [0.1, 0.15) is 5.75 Å². The first kappa shape index (κ1) is 16.4. The van der Waals surface area contributed by atoms with Gasteiger partial charge in [-0.25, -0.2) is 0 Å². The van der Waals surface area contributed by atoms with Gasteiger partial charge in [0, 0.05) is 38.1 Å². The monoisotopic (exact) mass is 352 g/mol. The van der Waals surface area contributed by atoms with Gasteiger partial charge < -0.3 is 9.64 Å². The molecule has 4 heteroatoms. The van der Waals surface area contributed by atoms with Crippen molar-refractivity contribution < 1.29 is 4.74 Å². The van der Waals surface area contributed by atoms with Crippen molar-refractivity contribution in [2.45, 2.75) is 6.42 Å². The van der Waals surface area contributed by atoms with Crippen LogP contribution < -0.4 is 9.64 Å². The maximum Gasteiger partial charge on any atom is 0.142 e. The first-order valence-electron chi connectivity index (χ1n) is 8.89. The minimum absolute atomic E-state index is 0.977. The van der Waals surface area contributed by atoms with Crippen LogP contribution in [-0.4, -0.2) is 44.7 Å². The molecule has 25 heavy (non-hydrogen) atoms. The zero-order valence-electron chi connectivity index (χ0n) is 14.6. The van der Waals surface area contributed by atoms with Crippen LogP contribution in [0, 0.1) is 0 Å². The van der Waals surface area contributed by atoms with Crippen LogP contribution in [0.1, 0.15) is 5.56 Å². The number of nitrogens with zero attached hydrogens (tertiary/aromatic N) is 2. The van der Waals surface area contributed by atoms with Crippen LogP contribution >= 0.6 is 11.3 Å². The Morgan fingerprint density at radius 2 is 1.84 bits per heavy atom. The molecule has 1 fully saturated rings. The van der Waals surface area contributed by atoms with E-state index in [1.807, 2.05) is 0 Å². The van der Waals surface area contributed by atoms with Gasteiger partial charge >= 0.3 is 0 Å². The molecule has 0 radical (unpaired) electrons. The third-order valence-corrected chi connectivity index (χ3v) is 5.80. The number of piperazine rings is 1. The second-order valence-corrected chi connectivity index (χ2v) is 7.33. The van der Waals surface area contributed by atoms with Crippen LogP contribution in [0.25, 0.3) is 10.8 Å². The molecule has 2 heterocycles. The number of benzene rings is 2. The van der Waals surface area contributed by atoms with E-state index in [2.05, 4.69) is 63.0 Å². The van der Waals surface area contributed by atoms with E-state index in [4.69, 9.17) is 4.74 Å². The minimum Gasteiger partial charge on any atom is -0.495 e. The second kappa shape index (κ2) is 7.46. The third-order valence-electron chi connectivity index (χ3n) is 5.07. The molecule has 1 aliphatic heterocycles. The van der Waals surface area contributed by atoms with Gasteiger partial charge in [-0.2, -0.15) is 11.3 Å². The van der Waals surface area contributed by atoms with E-state index < -0.39 is 0 Å². The Hall–Kier alpha value is -2.04. The molecule has 0 bridgehead atoms. The van der Waals surface area contributed by atoms with Crippen molar-refractivity contribution in [1.82, 2.24) is 4.90 Å². The highest BCUT2D eigenvalue weighted by Gasteiger charge is 2.21. The lowest BCUT2D eigenvalue weighted by atomic mass is 10.1. The number of ether oxygens (including phenoxy) is 1. The average Bonchev–Trinajstić information content (AvgIpc) is 3.19. The summed E-state index contributed by atoms with van der Waals surface area (Å²) < 4.78 is 5.68. The first-order chi connectivity index (χ1) is 12.3. The Kier molecular flexibility index (Phi) is 4.90. The standard InChI is InChI=1S/C21H24N2OS/c1-24-20-7-6-18-4-2-3-5-19(18)21(20)23-13-11-22(12-14-23)10-8-17-9-15-25-16-17/h2-7,9,15-16H,8,10-14H2,1H3. The molecule has 0 N–H and O–H groups in total. The topological polar surface area (TPSA) is 15.7 Å². The minimum atomic E-state index is 0.977. The van der Waals surface area contributed by atoms with Crippen LogP contribution in [0.15, 0.2) is 53.2 Å². The number of hydrogen-bond acceptors (Lipinski definition) is 4. The van der Waals surface area contributed by atoms with Gasteiger partial charge in [-0.3, -0.25) is 4.90 Å². The summed E-state index contributed by atoms with van der Waals surface area (Å²) in [6.45, 7) is 5.46. The predicted molar refractivity (Wildman–Crippen MR) is 107 cm³/mol.